The van der Waals surface area contributed by atoms with Crippen molar-refractivity contribution in [2.24, 2.45) is 0 Å². The molecule has 0 aromatic heterocycles. The van der Waals surface area contributed by atoms with Gasteiger partial charge in [-0.2, -0.15) is 0 Å². The molecule has 0 aliphatic carbocycles. The predicted molar refractivity (Wildman–Crippen MR) is 99.7 cm³/mol. The van der Waals surface area contributed by atoms with E-state index in [0.29, 0.717) is 5.02 Å². The molecule has 2 aromatic carbocycles. The molecule has 2 aromatic rings. The first-order valence-electron chi connectivity index (χ1n) is 6.89. The van der Waals surface area contributed by atoms with Gasteiger partial charge in [0.05, 0.1) is 5.25 Å². The van der Waals surface area contributed by atoms with Crippen molar-refractivity contribution in [2.45, 2.75) is 24.9 Å². The molecule has 5 heteroatoms. The Morgan fingerprint density at radius 3 is 2.82 bits per heavy atom. The quantitative estimate of drug-likeness (QED) is 0.703. The van der Waals surface area contributed by atoms with Crippen LogP contribution in [0.25, 0.3) is 0 Å². The summed E-state index contributed by atoms with van der Waals surface area (Å²) in [4.78, 5) is 12.3. The van der Waals surface area contributed by atoms with E-state index in [1.165, 1.54) is 5.56 Å². The zero-order chi connectivity index (χ0) is 16.1. The average molecular weight is 399 g/mol. The summed E-state index contributed by atoms with van der Waals surface area (Å²) in [6.07, 6.45) is 0. The fourth-order valence-corrected chi connectivity index (χ4v) is 3.34. The van der Waals surface area contributed by atoms with E-state index in [-0.39, 0.29) is 11.2 Å². The second-order valence-corrected chi connectivity index (χ2v) is 7.71. The fourth-order valence-electron chi connectivity index (χ4n) is 1.89. The minimum atomic E-state index is -0.141. The number of nitrogens with one attached hydrogen (secondary N) is 1. The first-order valence-corrected chi connectivity index (χ1v) is 9.11. The summed E-state index contributed by atoms with van der Waals surface area (Å²) in [5, 5.41) is 3.42. The molecule has 0 aliphatic heterocycles. The third-order valence-electron chi connectivity index (χ3n) is 3.22. The number of amides is 1. The second-order valence-electron chi connectivity index (χ2n) is 5.03. The zero-order valence-electron chi connectivity index (χ0n) is 12.4. The van der Waals surface area contributed by atoms with Gasteiger partial charge in [-0.15, -0.1) is 11.8 Å². The van der Waals surface area contributed by atoms with Gasteiger partial charge in [0.15, 0.2) is 0 Å². The lowest BCUT2D eigenvalue weighted by Crippen LogP contribution is -2.23. The monoisotopic (exact) mass is 397 g/mol. The van der Waals surface area contributed by atoms with Gasteiger partial charge in [-0.25, -0.2) is 0 Å². The summed E-state index contributed by atoms with van der Waals surface area (Å²) in [6, 6.07) is 13.6. The molecule has 2 nitrogen and oxygen atoms in total. The van der Waals surface area contributed by atoms with E-state index in [9.17, 15) is 4.79 Å². The van der Waals surface area contributed by atoms with Gasteiger partial charge in [0.25, 0.3) is 0 Å². The molecule has 0 saturated heterocycles. The van der Waals surface area contributed by atoms with Crippen molar-refractivity contribution < 1.29 is 4.79 Å². The Morgan fingerprint density at radius 1 is 1.32 bits per heavy atom. The molecule has 0 radical (unpaired) electrons. The first-order chi connectivity index (χ1) is 10.5. The van der Waals surface area contributed by atoms with Crippen molar-refractivity contribution in [3.05, 3.63) is 63.1 Å². The molecule has 1 amide bonds. The van der Waals surface area contributed by atoms with E-state index in [2.05, 4.69) is 33.4 Å². The Bertz CT molecular complexity index is 677. The minimum Gasteiger partial charge on any atom is -0.325 e. The van der Waals surface area contributed by atoms with E-state index in [1.807, 2.05) is 38.1 Å². The highest BCUT2D eigenvalue weighted by atomic mass is 79.9. The SMILES string of the molecule is Cc1ccc(Cl)cc1NC(=O)[C@@H](C)SCc1cccc(Br)c1. The van der Waals surface area contributed by atoms with Crippen LogP contribution in [0.3, 0.4) is 0 Å². The highest BCUT2D eigenvalue weighted by Crippen LogP contribution is 2.24. The Hall–Kier alpha value is -0.970. The molecule has 0 aliphatic rings. The molecular weight excluding hydrogens is 382 g/mol. The smallest absolute Gasteiger partial charge is 0.237 e. The maximum Gasteiger partial charge on any atom is 0.237 e. The van der Waals surface area contributed by atoms with E-state index >= 15 is 0 Å². The largest absolute Gasteiger partial charge is 0.325 e. The number of aryl methyl sites for hydroxylation is 1. The first kappa shape index (κ1) is 17.4. The summed E-state index contributed by atoms with van der Waals surface area (Å²) in [5.41, 5.74) is 2.97. The molecule has 0 unspecified atom stereocenters. The number of hydrogen-bond donors (Lipinski definition) is 1. The van der Waals surface area contributed by atoms with Crippen LogP contribution in [0.5, 0.6) is 0 Å². The minimum absolute atomic E-state index is 0.00892. The van der Waals surface area contributed by atoms with Crippen LogP contribution < -0.4 is 5.32 Å². The molecule has 1 atom stereocenters. The predicted octanol–water partition coefficient (Wildman–Crippen LogP) is 5.67. The summed E-state index contributed by atoms with van der Waals surface area (Å²) in [6.45, 7) is 3.86. The summed E-state index contributed by atoms with van der Waals surface area (Å²) in [7, 11) is 0. The van der Waals surface area contributed by atoms with Crippen LogP contribution >= 0.6 is 39.3 Å². The highest BCUT2D eigenvalue weighted by molar-refractivity contribution is 9.10. The molecule has 22 heavy (non-hydrogen) atoms. The summed E-state index contributed by atoms with van der Waals surface area (Å²) in [5.74, 6) is 0.785. The number of rotatable bonds is 5. The molecular formula is C17H17BrClNOS. The molecule has 0 fully saturated rings. The van der Waals surface area contributed by atoms with Gasteiger partial charge in [0.2, 0.25) is 5.91 Å². The van der Waals surface area contributed by atoms with Crippen LogP contribution in [-0.2, 0) is 10.5 Å². The standard InChI is InChI=1S/C17H17BrClNOS/c1-11-6-7-15(19)9-16(11)20-17(21)12(2)22-10-13-4-3-5-14(18)8-13/h3-9,12H,10H2,1-2H3,(H,20,21)/t12-/m1/s1. The number of benzene rings is 2. The van der Waals surface area contributed by atoms with Gasteiger partial charge in [-0.1, -0.05) is 45.7 Å². The van der Waals surface area contributed by atoms with Gasteiger partial charge in [0.1, 0.15) is 0 Å². The van der Waals surface area contributed by atoms with Crippen molar-refractivity contribution in [1.29, 1.82) is 0 Å². The van der Waals surface area contributed by atoms with Gasteiger partial charge >= 0.3 is 0 Å². The van der Waals surface area contributed by atoms with Crippen molar-refractivity contribution in [2.75, 3.05) is 5.32 Å². The molecule has 116 valence electrons. The van der Waals surface area contributed by atoms with Crippen LogP contribution in [0.4, 0.5) is 5.69 Å². The number of thioether (sulfide) groups is 1. The maximum absolute atomic E-state index is 12.3. The topological polar surface area (TPSA) is 29.1 Å². The number of carbonyl (C=O) groups is 1. The third kappa shape index (κ3) is 5.04. The van der Waals surface area contributed by atoms with Gasteiger partial charge in [-0.05, 0) is 49.2 Å². The van der Waals surface area contributed by atoms with Crippen molar-refractivity contribution in [1.82, 2.24) is 0 Å². The van der Waals surface area contributed by atoms with Crippen molar-refractivity contribution in [3.8, 4) is 0 Å². The van der Waals surface area contributed by atoms with Crippen molar-refractivity contribution >= 4 is 50.9 Å². The van der Waals surface area contributed by atoms with Crippen LogP contribution in [0, 0.1) is 6.92 Å². The lowest BCUT2D eigenvalue weighted by Gasteiger charge is -2.14. The molecule has 1 N–H and O–H groups in total. The average Bonchev–Trinajstić information content (AvgIpc) is 2.48. The Morgan fingerprint density at radius 2 is 2.09 bits per heavy atom. The zero-order valence-corrected chi connectivity index (χ0v) is 15.6. The summed E-state index contributed by atoms with van der Waals surface area (Å²) >= 11 is 11.0. The second kappa shape index (κ2) is 8.04. The van der Waals surface area contributed by atoms with Crippen molar-refractivity contribution in [3.63, 3.8) is 0 Å². The number of hydrogen-bond acceptors (Lipinski definition) is 2. The lowest BCUT2D eigenvalue weighted by atomic mass is 10.2. The molecule has 2 rings (SSSR count). The maximum atomic E-state index is 12.3. The van der Waals surface area contributed by atoms with Crippen LogP contribution in [0.15, 0.2) is 46.9 Å². The molecule has 0 spiro atoms. The number of halogens is 2. The van der Waals surface area contributed by atoms with Gasteiger partial charge in [0, 0.05) is 20.9 Å². The van der Waals surface area contributed by atoms with E-state index in [1.54, 1.807) is 17.8 Å². The highest BCUT2D eigenvalue weighted by Gasteiger charge is 2.14. The Kier molecular flexibility index (Phi) is 6.36. The summed E-state index contributed by atoms with van der Waals surface area (Å²) < 4.78 is 1.05. The lowest BCUT2D eigenvalue weighted by molar-refractivity contribution is -0.115. The molecule has 0 saturated carbocycles. The third-order valence-corrected chi connectivity index (χ3v) is 5.16. The van der Waals surface area contributed by atoms with E-state index in [4.69, 9.17) is 11.6 Å². The number of anilines is 1. The molecule has 0 heterocycles. The number of carbonyl (C=O) groups excluding carboxylic acids is 1. The molecule has 0 bridgehead atoms. The fraction of sp³-hybridized carbons (Fsp3) is 0.235. The van der Waals surface area contributed by atoms with E-state index in [0.717, 1.165) is 21.5 Å². The van der Waals surface area contributed by atoms with E-state index < -0.39 is 0 Å². The van der Waals surface area contributed by atoms with Crippen LogP contribution in [0.1, 0.15) is 18.1 Å². The van der Waals surface area contributed by atoms with Gasteiger partial charge in [-0.3, -0.25) is 4.79 Å². The van der Waals surface area contributed by atoms with Crippen LogP contribution in [0.2, 0.25) is 5.02 Å². The normalized spacial score (nSPS) is 12.0. The van der Waals surface area contributed by atoms with Gasteiger partial charge < -0.3 is 5.32 Å². The Balaban J connectivity index is 1.93. The Labute approximate surface area is 148 Å². The van der Waals surface area contributed by atoms with Crippen LogP contribution in [-0.4, -0.2) is 11.2 Å².